The van der Waals surface area contributed by atoms with E-state index >= 15 is 0 Å². The van der Waals surface area contributed by atoms with Crippen LogP contribution in [-0.4, -0.2) is 53.3 Å². The third-order valence-electron chi connectivity index (χ3n) is 3.09. The zero-order valence-corrected chi connectivity index (χ0v) is 12.6. The Morgan fingerprint density at radius 1 is 1.05 bits per heavy atom. The SMILES string of the molecule is O=C(O)N1CCN(C(=O)OCc2cc(Cl)cc(Cl)c2)CC1. The molecule has 8 heteroatoms. The van der Waals surface area contributed by atoms with E-state index in [4.69, 9.17) is 33.0 Å². The minimum Gasteiger partial charge on any atom is -0.465 e. The summed E-state index contributed by atoms with van der Waals surface area (Å²) in [6.45, 7) is 1.28. The van der Waals surface area contributed by atoms with E-state index < -0.39 is 12.2 Å². The second kappa shape index (κ2) is 6.87. The molecule has 1 aliphatic rings. The van der Waals surface area contributed by atoms with E-state index in [0.717, 1.165) is 0 Å². The summed E-state index contributed by atoms with van der Waals surface area (Å²) in [4.78, 5) is 25.4. The molecule has 0 saturated carbocycles. The molecule has 0 spiro atoms. The third-order valence-corrected chi connectivity index (χ3v) is 3.53. The Bertz CT molecular complexity index is 525. The van der Waals surface area contributed by atoms with Crippen LogP contribution in [0.5, 0.6) is 0 Å². The molecule has 21 heavy (non-hydrogen) atoms. The van der Waals surface area contributed by atoms with Crippen molar-refractivity contribution in [2.75, 3.05) is 26.2 Å². The number of rotatable bonds is 2. The summed E-state index contributed by atoms with van der Waals surface area (Å²) < 4.78 is 5.18. The van der Waals surface area contributed by atoms with Crippen molar-refractivity contribution in [1.29, 1.82) is 0 Å². The van der Waals surface area contributed by atoms with E-state index in [0.29, 0.717) is 28.7 Å². The normalized spacial score (nSPS) is 15.0. The van der Waals surface area contributed by atoms with Gasteiger partial charge < -0.3 is 19.6 Å². The van der Waals surface area contributed by atoms with Crippen LogP contribution in [0.4, 0.5) is 9.59 Å². The van der Waals surface area contributed by atoms with Gasteiger partial charge in [-0.2, -0.15) is 0 Å². The summed E-state index contributed by atoms with van der Waals surface area (Å²) in [5.41, 5.74) is 0.699. The molecular weight excluding hydrogens is 319 g/mol. The molecule has 2 amide bonds. The van der Waals surface area contributed by atoms with Gasteiger partial charge in [0.2, 0.25) is 0 Å². The summed E-state index contributed by atoms with van der Waals surface area (Å²) in [6.07, 6.45) is -1.45. The van der Waals surface area contributed by atoms with Crippen LogP contribution < -0.4 is 0 Å². The lowest BCUT2D eigenvalue weighted by molar-refractivity contribution is 0.0689. The molecule has 1 saturated heterocycles. The lowest BCUT2D eigenvalue weighted by Gasteiger charge is -2.32. The molecule has 0 radical (unpaired) electrons. The number of hydrogen-bond acceptors (Lipinski definition) is 3. The highest BCUT2D eigenvalue weighted by molar-refractivity contribution is 6.34. The summed E-state index contributed by atoms with van der Waals surface area (Å²) in [6, 6.07) is 4.94. The lowest BCUT2D eigenvalue weighted by atomic mass is 10.2. The Kier molecular flexibility index (Phi) is 5.14. The average Bonchev–Trinajstić information content (AvgIpc) is 2.44. The highest BCUT2D eigenvalue weighted by Gasteiger charge is 2.24. The summed E-state index contributed by atoms with van der Waals surface area (Å²) in [5.74, 6) is 0. The van der Waals surface area contributed by atoms with Crippen molar-refractivity contribution in [3.05, 3.63) is 33.8 Å². The number of nitrogens with zero attached hydrogens (tertiary/aromatic N) is 2. The van der Waals surface area contributed by atoms with Crippen molar-refractivity contribution in [2.24, 2.45) is 0 Å². The molecule has 114 valence electrons. The number of piperazine rings is 1. The number of amides is 2. The van der Waals surface area contributed by atoms with Gasteiger partial charge in [0.15, 0.2) is 0 Å². The fraction of sp³-hybridized carbons (Fsp3) is 0.385. The van der Waals surface area contributed by atoms with Crippen molar-refractivity contribution in [1.82, 2.24) is 9.80 Å². The van der Waals surface area contributed by atoms with Crippen molar-refractivity contribution < 1.29 is 19.4 Å². The van der Waals surface area contributed by atoms with E-state index in [1.54, 1.807) is 18.2 Å². The molecule has 1 N–H and O–H groups in total. The molecular formula is C13H14Cl2N2O4. The molecule has 0 atom stereocenters. The van der Waals surface area contributed by atoms with E-state index in [1.807, 2.05) is 0 Å². The predicted molar refractivity (Wildman–Crippen MR) is 77.8 cm³/mol. The molecule has 0 unspecified atom stereocenters. The number of hydrogen-bond donors (Lipinski definition) is 1. The molecule has 0 bridgehead atoms. The van der Waals surface area contributed by atoms with Crippen molar-refractivity contribution >= 4 is 35.4 Å². The molecule has 1 heterocycles. The van der Waals surface area contributed by atoms with Crippen LogP contribution in [0.2, 0.25) is 10.0 Å². The highest BCUT2D eigenvalue weighted by Crippen LogP contribution is 2.19. The van der Waals surface area contributed by atoms with Gasteiger partial charge in [0.05, 0.1) is 0 Å². The molecule has 0 aliphatic carbocycles. The van der Waals surface area contributed by atoms with E-state index in [2.05, 4.69) is 0 Å². The molecule has 6 nitrogen and oxygen atoms in total. The molecule has 1 aromatic carbocycles. The first kappa shape index (κ1) is 15.7. The summed E-state index contributed by atoms with van der Waals surface area (Å²) in [5, 5.41) is 9.78. The lowest BCUT2D eigenvalue weighted by Crippen LogP contribution is -2.50. The summed E-state index contributed by atoms with van der Waals surface area (Å²) >= 11 is 11.7. The number of halogens is 2. The monoisotopic (exact) mass is 332 g/mol. The van der Waals surface area contributed by atoms with Crippen molar-refractivity contribution in [3.63, 3.8) is 0 Å². The number of carboxylic acid groups (broad SMARTS) is 1. The maximum Gasteiger partial charge on any atom is 0.410 e. The molecule has 1 fully saturated rings. The Hall–Kier alpha value is -1.66. The molecule has 2 rings (SSSR count). The quantitative estimate of drug-likeness (QED) is 0.903. The zero-order chi connectivity index (χ0) is 15.4. The topological polar surface area (TPSA) is 70.1 Å². The largest absolute Gasteiger partial charge is 0.465 e. The number of benzene rings is 1. The van der Waals surface area contributed by atoms with Crippen LogP contribution in [-0.2, 0) is 11.3 Å². The number of ether oxygens (including phenoxy) is 1. The minimum absolute atomic E-state index is 0.0677. The second-order valence-electron chi connectivity index (χ2n) is 4.59. The van der Waals surface area contributed by atoms with Crippen molar-refractivity contribution in [2.45, 2.75) is 6.61 Å². The van der Waals surface area contributed by atoms with Crippen LogP contribution in [0.3, 0.4) is 0 Å². The highest BCUT2D eigenvalue weighted by atomic mass is 35.5. The van der Waals surface area contributed by atoms with Gasteiger partial charge >= 0.3 is 12.2 Å². The van der Waals surface area contributed by atoms with Crippen molar-refractivity contribution in [3.8, 4) is 0 Å². The van der Waals surface area contributed by atoms with Gasteiger partial charge in [-0.3, -0.25) is 0 Å². The first-order chi connectivity index (χ1) is 9.95. The van der Waals surface area contributed by atoms with Gasteiger partial charge in [-0.1, -0.05) is 23.2 Å². The van der Waals surface area contributed by atoms with E-state index in [-0.39, 0.29) is 19.7 Å². The number of carbonyl (C=O) groups excluding carboxylic acids is 1. The third kappa shape index (κ3) is 4.41. The minimum atomic E-state index is -0.975. The maximum atomic E-state index is 11.9. The Labute approximate surface area is 131 Å². The van der Waals surface area contributed by atoms with Crippen LogP contribution in [0, 0.1) is 0 Å². The van der Waals surface area contributed by atoms with Gasteiger partial charge in [0.25, 0.3) is 0 Å². The number of carbonyl (C=O) groups is 2. The molecule has 0 aromatic heterocycles. The second-order valence-corrected chi connectivity index (χ2v) is 5.46. The van der Waals surface area contributed by atoms with Gasteiger partial charge in [-0.05, 0) is 23.8 Å². The van der Waals surface area contributed by atoms with E-state index in [1.165, 1.54) is 9.80 Å². The van der Waals surface area contributed by atoms with Gasteiger partial charge in [-0.25, -0.2) is 9.59 Å². The molecule has 1 aromatic rings. The molecule has 1 aliphatic heterocycles. The van der Waals surface area contributed by atoms with E-state index in [9.17, 15) is 9.59 Å². The Morgan fingerprint density at radius 3 is 2.10 bits per heavy atom. The van der Waals surface area contributed by atoms with Gasteiger partial charge in [0, 0.05) is 36.2 Å². The average molecular weight is 333 g/mol. The maximum absolute atomic E-state index is 11.9. The zero-order valence-electron chi connectivity index (χ0n) is 11.1. The fourth-order valence-electron chi connectivity index (χ4n) is 2.01. The Morgan fingerprint density at radius 2 is 1.57 bits per heavy atom. The van der Waals surface area contributed by atoms with Crippen LogP contribution >= 0.6 is 23.2 Å². The standard InChI is InChI=1S/C13H14Cl2N2O4/c14-10-5-9(6-11(15)7-10)8-21-13(20)17-3-1-16(2-4-17)12(18)19/h5-7H,1-4,8H2,(H,18,19). The predicted octanol–water partition coefficient (Wildman–Crippen LogP) is 2.93. The van der Waals surface area contributed by atoms with Crippen LogP contribution in [0.15, 0.2) is 18.2 Å². The Balaban J connectivity index is 1.84. The summed E-state index contributed by atoms with van der Waals surface area (Å²) in [7, 11) is 0. The van der Waals surface area contributed by atoms with Crippen LogP contribution in [0.1, 0.15) is 5.56 Å². The van der Waals surface area contributed by atoms with Gasteiger partial charge in [-0.15, -0.1) is 0 Å². The van der Waals surface area contributed by atoms with Gasteiger partial charge in [0.1, 0.15) is 6.61 Å². The fourth-order valence-corrected chi connectivity index (χ4v) is 2.58. The first-order valence-corrected chi connectivity index (χ1v) is 7.06. The first-order valence-electron chi connectivity index (χ1n) is 6.30. The smallest absolute Gasteiger partial charge is 0.410 e. The van der Waals surface area contributed by atoms with Crippen LogP contribution in [0.25, 0.3) is 0 Å².